The maximum absolute atomic E-state index is 12.6. The zero-order valence-corrected chi connectivity index (χ0v) is 14.4. The van der Waals surface area contributed by atoms with E-state index in [-0.39, 0.29) is 18.4 Å². The lowest BCUT2D eigenvalue weighted by Crippen LogP contribution is -2.47. The van der Waals surface area contributed by atoms with Crippen LogP contribution in [0.2, 0.25) is 0 Å². The van der Waals surface area contributed by atoms with Crippen molar-refractivity contribution in [2.75, 3.05) is 6.54 Å². The molecule has 2 N–H and O–H groups in total. The summed E-state index contributed by atoms with van der Waals surface area (Å²) in [6, 6.07) is 17.2. The molecule has 1 atom stereocenters. The molecule has 0 aromatic heterocycles. The number of hydrogen-bond donors (Lipinski definition) is 2. The summed E-state index contributed by atoms with van der Waals surface area (Å²) in [5, 5.41) is 12.8. The molecular formula is C21H23NO3. The van der Waals surface area contributed by atoms with Crippen molar-refractivity contribution in [3.05, 3.63) is 71.3 Å². The number of aliphatic carboxylic acids is 1. The highest BCUT2D eigenvalue weighted by Crippen LogP contribution is 2.29. The Kier molecular flexibility index (Phi) is 4.88. The van der Waals surface area contributed by atoms with E-state index in [1.54, 1.807) is 0 Å². The minimum Gasteiger partial charge on any atom is -0.481 e. The molecule has 0 saturated heterocycles. The van der Waals surface area contributed by atoms with E-state index in [9.17, 15) is 14.7 Å². The van der Waals surface area contributed by atoms with Crippen molar-refractivity contribution in [3.8, 4) is 0 Å². The summed E-state index contributed by atoms with van der Waals surface area (Å²) in [5.74, 6) is -1.08. The van der Waals surface area contributed by atoms with Crippen LogP contribution < -0.4 is 5.32 Å². The van der Waals surface area contributed by atoms with E-state index in [1.807, 2.05) is 49.4 Å². The first-order valence-electron chi connectivity index (χ1n) is 8.70. The third kappa shape index (κ3) is 3.29. The molecule has 0 aliphatic heterocycles. The quantitative estimate of drug-likeness (QED) is 0.852. The fourth-order valence-corrected chi connectivity index (χ4v) is 3.67. The van der Waals surface area contributed by atoms with Crippen LogP contribution in [0.3, 0.4) is 0 Å². The van der Waals surface area contributed by atoms with Crippen molar-refractivity contribution in [2.24, 2.45) is 5.92 Å². The second-order valence-electron chi connectivity index (χ2n) is 6.70. The Labute approximate surface area is 147 Å². The van der Waals surface area contributed by atoms with Crippen molar-refractivity contribution in [3.63, 3.8) is 0 Å². The number of hydrogen-bond acceptors (Lipinski definition) is 2. The summed E-state index contributed by atoms with van der Waals surface area (Å²) in [7, 11) is 0. The number of amides is 1. The standard InChI is InChI=1S/C21H23NO3/c1-2-21(20(24)25,18-10-4-3-5-11-18)14-22-19(23)17-12-15-8-6-7-9-16(15)13-17/h3-11,17H,2,12-14H2,1H3,(H,22,23)(H,24,25). The summed E-state index contributed by atoms with van der Waals surface area (Å²) < 4.78 is 0. The third-order valence-electron chi connectivity index (χ3n) is 5.33. The molecule has 0 fully saturated rings. The van der Waals surface area contributed by atoms with Gasteiger partial charge in [0, 0.05) is 12.5 Å². The highest BCUT2D eigenvalue weighted by Gasteiger charge is 2.39. The van der Waals surface area contributed by atoms with Gasteiger partial charge in [0.2, 0.25) is 5.91 Å². The van der Waals surface area contributed by atoms with Crippen molar-refractivity contribution in [2.45, 2.75) is 31.6 Å². The number of carboxylic acids is 1. The molecule has 25 heavy (non-hydrogen) atoms. The van der Waals surface area contributed by atoms with Gasteiger partial charge in [-0.25, -0.2) is 0 Å². The van der Waals surface area contributed by atoms with Crippen LogP contribution in [0.5, 0.6) is 0 Å². The number of nitrogens with one attached hydrogen (secondary N) is 1. The summed E-state index contributed by atoms with van der Waals surface area (Å²) in [5.41, 5.74) is 2.05. The summed E-state index contributed by atoms with van der Waals surface area (Å²) >= 11 is 0. The Morgan fingerprint density at radius 3 is 2.12 bits per heavy atom. The number of carbonyl (C=O) groups excluding carboxylic acids is 1. The van der Waals surface area contributed by atoms with Gasteiger partial charge in [-0.1, -0.05) is 61.5 Å². The van der Waals surface area contributed by atoms with Crippen LogP contribution in [0.15, 0.2) is 54.6 Å². The molecule has 2 aromatic rings. The minimum absolute atomic E-state index is 0.0637. The topological polar surface area (TPSA) is 66.4 Å². The van der Waals surface area contributed by atoms with E-state index >= 15 is 0 Å². The molecule has 130 valence electrons. The first kappa shape index (κ1) is 17.2. The van der Waals surface area contributed by atoms with Crippen molar-refractivity contribution < 1.29 is 14.7 Å². The predicted octanol–water partition coefficient (Wildman–Crippen LogP) is 2.95. The Bertz CT molecular complexity index is 747. The molecule has 0 heterocycles. The van der Waals surface area contributed by atoms with Crippen molar-refractivity contribution in [1.29, 1.82) is 0 Å². The lowest BCUT2D eigenvalue weighted by molar-refractivity contribution is -0.144. The predicted molar refractivity (Wildman–Crippen MR) is 96.4 cm³/mol. The molecule has 0 spiro atoms. The average molecular weight is 337 g/mol. The molecule has 3 rings (SSSR count). The number of rotatable bonds is 6. The van der Waals surface area contributed by atoms with E-state index in [4.69, 9.17) is 0 Å². The monoisotopic (exact) mass is 337 g/mol. The zero-order chi connectivity index (χ0) is 17.9. The van der Waals surface area contributed by atoms with E-state index in [0.717, 1.165) is 18.4 Å². The lowest BCUT2D eigenvalue weighted by atomic mass is 9.78. The van der Waals surface area contributed by atoms with Crippen LogP contribution in [0, 0.1) is 5.92 Å². The summed E-state index contributed by atoms with van der Waals surface area (Å²) in [6.45, 7) is 1.95. The molecule has 4 nitrogen and oxygen atoms in total. The highest BCUT2D eigenvalue weighted by molar-refractivity contribution is 5.85. The van der Waals surface area contributed by atoms with Crippen LogP contribution in [-0.2, 0) is 27.8 Å². The van der Waals surface area contributed by atoms with Crippen LogP contribution >= 0.6 is 0 Å². The third-order valence-corrected chi connectivity index (χ3v) is 5.33. The minimum atomic E-state index is -1.09. The first-order valence-corrected chi connectivity index (χ1v) is 8.70. The fourth-order valence-electron chi connectivity index (χ4n) is 3.67. The zero-order valence-electron chi connectivity index (χ0n) is 14.4. The van der Waals surface area contributed by atoms with Gasteiger partial charge >= 0.3 is 5.97 Å². The van der Waals surface area contributed by atoms with Gasteiger partial charge in [0.15, 0.2) is 0 Å². The molecule has 0 bridgehead atoms. The molecule has 1 amide bonds. The molecule has 1 aliphatic carbocycles. The Hall–Kier alpha value is -2.62. The Balaban J connectivity index is 1.72. The number of fused-ring (bicyclic) bond motifs is 1. The second kappa shape index (κ2) is 7.09. The lowest BCUT2D eigenvalue weighted by Gasteiger charge is -2.29. The van der Waals surface area contributed by atoms with E-state index in [0.29, 0.717) is 6.42 Å². The summed E-state index contributed by atoms with van der Waals surface area (Å²) in [4.78, 5) is 24.6. The highest BCUT2D eigenvalue weighted by atomic mass is 16.4. The largest absolute Gasteiger partial charge is 0.481 e. The van der Waals surface area contributed by atoms with Crippen LogP contribution in [0.25, 0.3) is 0 Å². The summed E-state index contributed by atoms with van der Waals surface area (Å²) in [6.07, 6.45) is 1.86. The number of carboxylic acid groups (broad SMARTS) is 1. The molecule has 0 radical (unpaired) electrons. The first-order chi connectivity index (χ1) is 12.1. The second-order valence-corrected chi connectivity index (χ2v) is 6.70. The molecule has 1 unspecified atom stereocenters. The van der Waals surface area contributed by atoms with Crippen LogP contribution in [0.1, 0.15) is 30.0 Å². The van der Waals surface area contributed by atoms with Gasteiger partial charge in [0.1, 0.15) is 5.41 Å². The van der Waals surface area contributed by atoms with Gasteiger partial charge < -0.3 is 10.4 Å². The van der Waals surface area contributed by atoms with Gasteiger partial charge in [-0.15, -0.1) is 0 Å². The molecule has 2 aromatic carbocycles. The number of carbonyl (C=O) groups is 2. The van der Waals surface area contributed by atoms with Gasteiger partial charge in [-0.05, 0) is 36.0 Å². The molecule has 0 saturated carbocycles. The maximum atomic E-state index is 12.6. The van der Waals surface area contributed by atoms with E-state index < -0.39 is 11.4 Å². The van der Waals surface area contributed by atoms with Crippen LogP contribution in [0.4, 0.5) is 0 Å². The SMILES string of the molecule is CCC(CNC(=O)C1Cc2ccccc2C1)(C(=O)O)c1ccccc1. The van der Waals surface area contributed by atoms with Gasteiger partial charge in [0.05, 0.1) is 0 Å². The van der Waals surface area contributed by atoms with Gasteiger partial charge in [-0.3, -0.25) is 9.59 Å². The van der Waals surface area contributed by atoms with Crippen molar-refractivity contribution >= 4 is 11.9 Å². The van der Waals surface area contributed by atoms with Gasteiger partial charge in [-0.2, -0.15) is 0 Å². The molecular weight excluding hydrogens is 314 g/mol. The van der Waals surface area contributed by atoms with Gasteiger partial charge in [0.25, 0.3) is 0 Å². The normalized spacial score (nSPS) is 16.0. The number of benzene rings is 2. The smallest absolute Gasteiger partial charge is 0.315 e. The van der Waals surface area contributed by atoms with E-state index in [1.165, 1.54) is 11.1 Å². The Morgan fingerprint density at radius 2 is 1.60 bits per heavy atom. The molecule has 1 aliphatic rings. The fraction of sp³-hybridized carbons (Fsp3) is 0.333. The maximum Gasteiger partial charge on any atom is 0.315 e. The van der Waals surface area contributed by atoms with Crippen molar-refractivity contribution in [1.82, 2.24) is 5.32 Å². The van der Waals surface area contributed by atoms with Crippen LogP contribution in [-0.4, -0.2) is 23.5 Å². The van der Waals surface area contributed by atoms with E-state index in [2.05, 4.69) is 17.4 Å². The molecule has 4 heteroatoms. The Morgan fingerprint density at radius 1 is 1.04 bits per heavy atom. The average Bonchev–Trinajstić information content (AvgIpc) is 3.07.